The van der Waals surface area contributed by atoms with E-state index in [1.165, 1.54) is 12.1 Å². The first-order valence-corrected chi connectivity index (χ1v) is 11.3. The van der Waals surface area contributed by atoms with E-state index in [-0.39, 0.29) is 17.8 Å². The number of rotatable bonds is 4. The van der Waals surface area contributed by atoms with Gasteiger partial charge in [-0.1, -0.05) is 0 Å². The number of imidazole rings is 1. The van der Waals surface area contributed by atoms with Gasteiger partial charge in [0.1, 0.15) is 17.3 Å². The molecule has 1 aromatic carbocycles. The Kier molecular flexibility index (Phi) is 4.91. The fraction of sp³-hybridized carbons (Fsp3) is 0.240. The SMILES string of the molecule is O=C1NCc2c(-c3cnc4cc(F)ccn34)cnc(Nc3ccc(N4CCC(O)CC4)cc3)c21. The summed E-state index contributed by atoms with van der Waals surface area (Å²) in [7, 11) is 0. The Morgan fingerprint density at radius 1 is 1.09 bits per heavy atom. The van der Waals surface area contributed by atoms with Crippen LogP contribution in [0, 0.1) is 5.82 Å². The Balaban J connectivity index is 1.31. The highest BCUT2D eigenvalue weighted by Gasteiger charge is 2.28. The second kappa shape index (κ2) is 8.11. The number of nitrogens with zero attached hydrogens (tertiary/aromatic N) is 4. The molecule has 9 heteroatoms. The van der Waals surface area contributed by atoms with Crippen LogP contribution in [0.25, 0.3) is 16.9 Å². The van der Waals surface area contributed by atoms with Crippen LogP contribution in [-0.2, 0) is 6.54 Å². The van der Waals surface area contributed by atoms with Gasteiger partial charge in [-0.05, 0) is 48.7 Å². The van der Waals surface area contributed by atoms with Gasteiger partial charge in [-0.2, -0.15) is 0 Å². The summed E-state index contributed by atoms with van der Waals surface area (Å²) in [5.41, 5.74) is 5.28. The number of aliphatic hydroxyl groups is 1. The van der Waals surface area contributed by atoms with Crippen molar-refractivity contribution in [3.05, 3.63) is 71.9 Å². The number of amides is 1. The Morgan fingerprint density at radius 3 is 2.68 bits per heavy atom. The minimum Gasteiger partial charge on any atom is -0.393 e. The van der Waals surface area contributed by atoms with Crippen molar-refractivity contribution < 1.29 is 14.3 Å². The van der Waals surface area contributed by atoms with Crippen LogP contribution in [0.1, 0.15) is 28.8 Å². The molecule has 0 aliphatic carbocycles. The number of pyridine rings is 2. The maximum absolute atomic E-state index is 13.6. The molecule has 0 saturated carbocycles. The molecule has 0 spiro atoms. The zero-order valence-corrected chi connectivity index (χ0v) is 18.3. The molecule has 34 heavy (non-hydrogen) atoms. The quantitative estimate of drug-likeness (QED) is 0.434. The van der Waals surface area contributed by atoms with Crippen molar-refractivity contribution in [3.63, 3.8) is 0 Å². The Labute approximate surface area is 195 Å². The molecule has 172 valence electrons. The minimum absolute atomic E-state index is 0.185. The van der Waals surface area contributed by atoms with Crippen LogP contribution in [0.15, 0.2) is 55.0 Å². The predicted octanol–water partition coefficient (Wildman–Crippen LogP) is 3.48. The van der Waals surface area contributed by atoms with Crippen LogP contribution in [0.4, 0.5) is 21.6 Å². The second-order valence-electron chi connectivity index (χ2n) is 8.66. The van der Waals surface area contributed by atoms with Gasteiger partial charge in [-0.25, -0.2) is 14.4 Å². The molecule has 0 atom stereocenters. The van der Waals surface area contributed by atoms with Crippen LogP contribution in [-0.4, -0.2) is 44.6 Å². The van der Waals surface area contributed by atoms with E-state index in [1.54, 1.807) is 23.0 Å². The summed E-state index contributed by atoms with van der Waals surface area (Å²) in [6.45, 7) is 2.05. The summed E-state index contributed by atoms with van der Waals surface area (Å²) in [5.74, 6) is -0.0500. The molecule has 0 radical (unpaired) electrons. The van der Waals surface area contributed by atoms with Crippen molar-refractivity contribution in [1.29, 1.82) is 0 Å². The monoisotopic (exact) mass is 458 g/mol. The van der Waals surface area contributed by atoms with Crippen molar-refractivity contribution in [2.75, 3.05) is 23.3 Å². The molecule has 5 heterocycles. The van der Waals surface area contributed by atoms with Crippen LogP contribution in [0.2, 0.25) is 0 Å². The lowest BCUT2D eigenvalue weighted by Gasteiger charge is -2.31. The van der Waals surface area contributed by atoms with Gasteiger partial charge in [-0.3, -0.25) is 9.20 Å². The standard InChI is InChI=1S/C25H23FN6O2/c26-15-5-10-32-21(14-27-22(32)11-15)19-12-28-24(23-20(19)13-29-25(23)34)30-16-1-3-17(4-2-16)31-8-6-18(33)7-9-31/h1-5,10-12,14,18,33H,6-9,13H2,(H,28,30)(H,29,34). The van der Waals surface area contributed by atoms with Crippen LogP contribution >= 0.6 is 0 Å². The lowest BCUT2D eigenvalue weighted by atomic mass is 10.0. The molecule has 4 aromatic rings. The third-order valence-electron chi connectivity index (χ3n) is 6.55. The van der Waals surface area contributed by atoms with Gasteiger partial charge in [0.15, 0.2) is 0 Å². The maximum atomic E-state index is 13.6. The van der Waals surface area contributed by atoms with E-state index in [9.17, 15) is 14.3 Å². The predicted molar refractivity (Wildman–Crippen MR) is 127 cm³/mol. The average molecular weight is 458 g/mol. The van der Waals surface area contributed by atoms with Crippen molar-refractivity contribution in [2.24, 2.45) is 0 Å². The molecule has 2 aliphatic heterocycles. The molecule has 8 nitrogen and oxygen atoms in total. The lowest BCUT2D eigenvalue weighted by molar-refractivity contribution is 0.0966. The fourth-order valence-corrected chi connectivity index (χ4v) is 4.72. The lowest BCUT2D eigenvalue weighted by Crippen LogP contribution is -2.35. The topological polar surface area (TPSA) is 94.8 Å². The molecular weight excluding hydrogens is 435 g/mol. The van der Waals surface area contributed by atoms with Crippen LogP contribution < -0.4 is 15.5 Å². The number of anilines is 3. The van der Waals surface area contributed by atoms with Gasteiger partial charge in [-0.15, -0.1) is 0 Å². The Hall–Kier alpha value is -3.98. The summed E-state index contributed by atoms with van der Waals surface area (Å²) >= 11 is 0. The number of hydrogen-bond donors (Lipinski definition) is 3. The highest BCUT2D eigenvalue weighted by molar-refractivity contribution is 6.05. The van der Waals surface area contributed by atoms with E-state index in [0.717, 1.165) is 54.1 Å². The highest BCUT2D eigenvalue weighted by atomic mass is 19.1. The molecule has 1 fully saturated rings. The second-order valence-corrected chi connectivity index (χ2v) is 8.66. The number of benzene rings is 1. The molecular formula is C25H23FN6O2. The van der Waals surface area contributed by atoms with E-state index in [0.29, 0.717) is 23.6 Å². The molecule has 3 aromatic heterocycles. The van der Waals surface area contributed by atoms with Crippen LogP contribution in [0.3, 0.4) is 0 Å². The Morgan fingerprint density at radius 2 is 1.88 bits per heavy atom. The number of aromatic nitrogens is 3. The van der Waals surface area contributed by atoms with Crippen molar-refractivity contribution >= 4 is 28.7 Å². The van der Waals surface area contributed by atoms with Gasteiger partial charge < -0.3 is 20.6 Å². The summed E-state index contributed by atoms with van der Waals surface area (Å²) in [5, 5.41) is 15.9. The summed E-state index contributed by atoms with van der Waals surface area (Å²) in [4.78, 5) is 23.8. The summed E-state index contributed by atoms with van der Waals surface area (Å²) in [6.07, 6.45) is 6.36. The number of piperidine rings is 1. The van der Waals surface area contributed by atoms with E-state index in [4.69, 9.17) is 0 Å². The zero-order valence-electron chi connectivity index (χ0n) is 18.3. The van der Waals surface area contributed by atoms with Gasteiger partial charge in [0, 0.05) is 55.0 Å². The third-order valence-corrected chi connectivity index (χ3v) is 6.55. The Bertz CT molecular complexity index is 1390. The molecule has 1 saturated heterocycles. The summed E-state index contributed by atoms with van der Waals surface area (Å²) < 4.78 is 15.4. The van der Waals surface area contributed by atoms with Gasteiger partial charge in [0.2, 0.25) is 0 Å². The van der Waals surface area contributed by atoms with Gasteiger partial charge in [0.05, 0.1) is 23.6 Å². The molecule has 0 unspecified atom stereocenters. The maximum Gasteiger partial charge on any atom is 0.255 e. The molecule has 2 aliphatic rings. The van der Waals surface area contributed by atoms with Crippen molar-refractivity contribution in [1.82, 2.24) is 19.7 Å². The van der Waals surface area contributed by atoms with E-state index >= 15 is 0 Å². The van der Waals surface area contributed by atoms with Crippen molar-refractivity contribution in [3.8, 4) is 11.3 Å². The zero-order chi connectivity index (χ0) is 23.2. The summed E-state index contributed by atoms with van der Waals surface area (Å²) in [6, 6.07) is 10.7. The average Bonchev–Trinajstić information content (AvgIpc) is 3.44. The first kappa shape index (κ1) is 20.6. The van der Waals surface area contributed by atoms with E-state index in [1.807, 2.05) is 24.3 Å². The number of carbonyl (C=O) groups excluding carboxylic acids is 1. The molecule has 3 N–H and O–H groups in total. The number of nitrogens with one attached hydrogen (secondary N) is 2. The number of carbonyl (C=O) groups is 1. The fourth-order valence-electron chi connectivity index (χ4n) is 4.72. The molecule has 1 amide bonds. The van der Waals surface area contributed by atoms with Crippen molar-refractivity contribution in [2.45, 2.75) is 25.5 Å². The van der Waals surface area contributed by atoms with E-state index < -0.39 is 0 Å². The first-order valence-electron chi connectivity index (χ1n) is 11.3. The van der Waals surface area contributed by atoms with Gasteiger partial charge >= 0.3 is 0 Å². The largest absolute Gasteiger partial charge is 0.393 e. The number of hydrogen-bond acceptors (Lipinski definition) is 6. The van der Waals surface area contributed by atoms with Gasteiger partial charge in [0.25, 0.3) is 5.91 Å². The third kappa shape index (κ3) is 3.54. The smallest absolute Gasteiger partial charge is 0.255 e. The highest BCUT2D eigenvalue weighted by Crippen LogP contribution is 2.34. The van der Waals surface area contributed by atoms with Crippen LogP contribution in [0.5, 0.6) is 0 Å². The number of fused-ring (bicyclic) bond motifs is 2. The van der Waals surface area contributed by atoms with E-state index in [2.05, 4.69) is 25.5 Å². The molecule has 0 bridgehead atoms. The normalized spacial score (nSPS) is 16.1. The first-order chi connectivity index (χ1) is 16.6. The number of halogens is 1. The molecule has 6 rings (SSSR count). The minimum atomic E-state index is -0.353. The number of aliphatic hydroxyl groups excluding tert-OH is 1.